The lowest BCUT2D eigenvalue weighted by molar-refractivity contribution is 0.136. The van der Waals surface area contributed by atoms with Crippen molar-refractivity contribution in [3.05, 3.63) is 0 Å². The van der Waals surface area contributed by atoms with Crippen LogP contribution in [0.2, 0.25) is 0 Å². The molecular formula is C11H20N4OS. The van der Waals surface area contributed by atoms with Crippen molar-refractivity contribution in [2.45, 2.75) is 62.1 Å². The molecular weight excluding hydrogens is 236 g/mol. The standard InChI is InChI=1S/C11H20N4OS/c1-7(2)15-10(12)13-14-11(15)17-9-6-4-3-5-8(9)16/h7-9,16H,3-6H2,1-2H3,(H2,12,13). The number of rotatable bonds is 3. The van der Waals surface area contributed by atoms with Crippen LogP contribution in [-0.4, -0.2) is 31.2 Å². The molecule has 1 aromatic rings. The first-order chi connectivity index (χ1) is 8.09. The van der Waals surface area contributed by atoms with E-state index in [1.54, 1.807) is 11.8 Å². The summed E-state index contributed by atoms with van der Waals surface area (Å²) < 4.78 is 1.92. The van der Waals surface area contributed by atoms with Crippen LogP contribution in [0.15, 0.2) is 5.16 Å². The van der Waals surface area contributed by atoms with Crippen molar-refractivity contribution in [3.8, 4) is 0 Å². The first-order valence-electron chi connectivity index (χ1n) is 6.14. The van der Waals surface area contributed by atoms with E-state index in [1.807, 2.05) is 4.57 Å². The predicted molar refractivity (Wildman–Crippen MR) is 68.9 cm³/mol. The van der Waals surface area contributed by atoms with Gasteiger partial charge in [0.05, 0.1) is 6.10 Å². The fraction of sp³-hybridized carbons (Fsp3) is 0.818. The van der Waals surface area contributed by atoms with Gasteiger partial charge in [-0.1, -0.05) is 24.6 Å². The molecule has 2 rings (SSSR count). The van der Waals surface area contributed by atoms with Crippen molar-refractivity contribution in [2.75, 3.05) is 5.73 Å². The van der Waals surface area contributed by atoms with Crippen LogP contribution in [0.4, 0.5) is 5.95 Å². The van der Waals surface area contributed by atoms with Crippen LogP contribution in [0, 0.1) is 0 Å². The van der Waals surface area contributed by atoms with Crippen LogP contribution >= 0.6 is 11.8 Å². The highest BCUT2D eigenvalue weighted by Gasteiger charge is 2.26. The second-order valence-corrected chi connectivity index (χ2v) is 6.02. The molecule has 1 fully saturated rings. The summed E-state index contributed by atoms with van der Waals surface area (Å²) in [4.78, 5) is 0. The monoisotopic (exact) mass is 256 g/mol. The smallest absolute Gasteiger partial charge is 0.222 e. The molecule has 17 heavy (non-hydrogen) atoms. The minimum Gasteiger partial charge on any atom is -0.392 e. The summed E-state index contributed by atoms with van der Waals surface area (Å²) in [5.74, 6) is 0.452. The van der Waals surface area contributed by atoms with Gasteiger partial charge in [0.1, 0.15) is 0 Å². The maximum atomic E-state index is 9.96. The molecule has 5 nitrogen and oxygen atoms in total. The summed E-state index contributed by atoms with van der Waals surface area (Å²) in [5, 5.41) is 19.0. The van der Waals surface area contributed by atoms with Gasteiger partial charge >= 0.3 is 0 Å². The molecule has 1 aliphatic rings. The summed E-state index contributed by atoms with van der Waals surface area (Å²) in [7, 11) is 0. The topological polar surface area (TPSA) is 77.0 Å². The number of anilines is 1. The normalized spacial score (nSPS) is 25.4. The minimum absolute atomic E-state index is 0.227. The van der Waals surface area contributed by atoms with E-state index in [1.165, 1.54) is 6.42 Å². The predicted octanol–water partition coefficient (Wildman–Crippen LogP) is 1.84. The molecule has 0 amide bonds. The van der Waals surface area contributed by atoms with Crippen molar-refractivity contribution in [2.24, 2.45) is 0 Å². The molecule has 0 aliphatic heterocycles. The Morgan fingerprint density at radius 2 is 2.06 bits per heavy atom. The van der Waals surface area contributed by atoms with Crippen molar-refractivity contribution >= 4 is 17.7 Å². The number of thioether (sulfide) groups is 1. The van der Waals surface area contributed by atoms with Gasteiger partial charge < -0.3 is 10.8 Å². The number of nitrogens with zero attached hydrogens (tertiary/aromatic N) is 3. The third kappa shape index (κ3) is 2.74. The van der Waals surface area contributed by atoms with Crippen molar-refractivity contribution in [1.82, 2.24) is 14.8 Å². The van der Waals surface area contributed by atoms with E-state index in [4.69, 9.17) is 5.73 Å². The Morgan fingerprint density at radius 3 is 2.71 bits per heavy atom. The maximum absolute atomic E-state index is 9.96. The van der Waals surface area contributed by atoms with Gasteiger partial charge in [0.25, 0.3) is 0 Å². The molecule has 96 valence electrons. The van der Waals surface area contributed by atoms with Gasteiger partial charge in [-0.05, 0) is 26.7 Å². The van der Waals surface area contributed by atoms with Crippen LogP contribution in [0.5, 0.6) is 0 Å². The van der Waals surface area contributed by atoms with E-state index in [2.05, 4.69) is 24.0 Å². The number of nitrogen functional groups attached to an aromatic ring is 1. The minimum atomic E-state index is -0.229. The second kappa shape index (κ2) is 5.27. The Bertz CT molecular complexity index is 380. The zero-order valence-corrected chi connectivity index (χ0v) is 11.2. The van der Waals surface area contributed by atoms with Crippen molar-refractivity contribution < 1.29 is 5.11 Å². The molecule has 1 heterocycles. The molecule has 1 saturated carbocycles. The molecule has 6 heteroatoms. The zero-order chi connectivity index (χ0) is 12.4. The second-order valence-electron chi connectivity index (χ2n) is 4.81. The van der Waals surface area contributed by atoms with Gasteiger partial charge in [0, 0.05) is 11.3 Å². The quantitative estimate of drug-likeness (QED) is 0.863. The highest BCUT2D eigenvalue weighted by molar-refractivity contribution is 7.99. The molecule has 1 aromatic heterocycles. The fourth-order valence-corrected chi connectivity index (χ4v) is 3.56. The van der Waals surface area contributed by atoms with Gasteiger partial charge in [0.2, 0.25) is 5.95 Å². The lowest BCUT2D eigenvalue weighted by Gasteiger charge is -2.26. The first kappa shape index (κ1) is 12.7. The van der Waals surface area contributed by atoms with Crippen molar-refractivity contribution in [1.29, 1.82) is 0 Å². The molecule has 0 saturated heterocycles. The summed E-state index contributed by atoms with van der Waals surface area (Å²) >= 11 is 1.61. The van der Waals surface area contributed by atoms with Gasteiger partial charge in [-0.15, -0.1) is 10.2 Å². The van der Waals surface area contributed by atoms with Gasteiger partial charge in [-0.25, -0.2) is 0 Å². The average Bonchev–Trinajstić information content (AvgIpc) is 2.63. The van der Waals surface area contributed by atoms with Crippen LogP contribution in [-0.2, 0) is 0 Å². The van der Waals surface area contributed by atoms with E-state index in [0.717, 1.165) is 24.4 Å². The largest absolute Gasteiger partial charge is 0.392 e. The highest BCUT2D eigenvalue weighted by Crippen LogP contribution is 2.34. The van der Waals surface area contributed by atoms with Crippen LogP contribution in [0.1, 0.15) is 45.6 Å². The van der Waals surface area contributed by atoms with Gasteiger partial charge in [-0.3, -0.25) is 4.57 Å². The Hall–Kier alpha value is -0.750. The molecule has 2 unspecified atom stereocenters. The summed E-state index contributed by atoms with van der Waals surface area (Å²) in [6, 6.07) is 0.244. The zero-order valence-electron chi connectivity index (χ0n) is 10.3. The Morgan fingerprint density at radius 1 is 1.35 bits per heavy atom. The van der Waals surface area contributed by atoms with Crippen LogP contribution in [0.25, 0.3) is 0 Å². The molecule has 1 aliphatic carbocycles. The van der Waals surface area contributed by atoms with Crippen LogP contribution < -0.4 is 5.73 Å². The Labute approximate surface area is 106 Å². The van der Waals surface area contributed by atoms with E-state index in [0.29, 0.717) is 5.95 Å². The third-order valence-electron chi connectivity index (χ3n) is 3.13. The molecule has 2 atom stereocenters. The summed E-state index contributed by atoms with van der Waals surface area (Å²) in [6.45, 7) is 4.11. The molecule has 0 spiro atoms. The lowest BCUT2D eigenvalue weighted by atomic mass is 9.97. The summed E-state index contributed by atoms with van der Waals surface area (Å²) in [6.07, 6.45) is 4.00. The number of aliphatic hydroxyl groups excluding tert-OH is 1. The maximum Gasteiger partial charge on any atom is 0.222 e. The number of aromatic nitrogens is 3. The van der Waals surface area contributed by atoms with Gasteiger partial charge in [-0.2, -0.15) is 0 Å². The van der Waals surface area contributed by atoms with Crippen LogP contribution in [0.3, 0.4) is 0 Å². The summed E-state index contributed by atoms with van der Waals surface area (Å²) in [5.41, 5.74) is 5.80. The molecule has 3 N–H and O–H groups in total. The Balaban J connectivity index is 2.12. The van der Waals surface area contributed by atoms with E-state index in [-0.39, 0.29) is 17.4 Å². The SMILES string of the molecule is CC(C)n1c(N)nnc1SC1CCCCC1O. The van der Waals surface area contributed by atoms with Gasteiger partial charge in [0.15, 0.2) is 5.16 Å². The number of nitrogens with two attached hydrogens (primary N) is 1. The lowest BCUT2D eigenvalue weighted by Crippen LogP contribution is -2.27. The van der Waals surface area contributed by atoms with E-state index in [9.17, 15) is 5.11 Å². The third-order valence-corrected chi connectivity index (χ3v) is 4.47. The fourth-order valence-electron chi connectivity index (χ4n) is 2.20. The number of hydrogen-bond donors (Lipinski definition) is 2. The molecule has 0 bridgehead atoms. The van der Waals surface area contributed by atoms with E-state index < -0.39 is 0 Å². The average molecular weight is 256 g/mol. The Kier molecular flexibility index (Phi) is 3.93. The van der Waals surface area contributed by atoms with E-state index >= 15 is 0 Å². The molecule has 0 radical (unpaired) electrons. The molecule has 0 aromatic carbocycles. The number of aliphatic hydroxyl groups is 1. The highest BCUT2D eigenvalue weighted by atomic mass is 32.2. The first-order valence-corrected chi connectivity index (χ1v) is 7.02. The van der Waals surface area contributed by atoms with Crippen molar-refractivity contribution in [3.63, 3.8) is 0 Å². The number of hydrogen-bond acceptors (Lipinski definition) is 5.